The molecule has 5 aliphatic heterocycles. The molecule has 0 bridgehead atoms. The summed E-state index contributed by atoms with van der Waals surface area (Å²) >= 11 is 1.55. The van der Waals surface area contributed by atoms with Crippen molar-refractivity contribution in [1.29, 1.82) is 0 Å². The highest BCUT2D eigenvalue weighted by Gasteiger charge is 2.45. The van der Waals surface area contributed by atoms with Gasteiger partial charge in [0.05, 0.1) is 36.5 Å². The van der Waals surface area contributed by atoms with Crippen LogP contribution in [0.5, 0.6) is 0 Å². The average Bonchev–Trinajstić information content (AvgIpc) is 4.07. The Hall–Kier alpha value is -5.71. The second-order valence-electron chi connectivity index (χ2n) is 17.4. The molecule has 5 N–H and O–H groups in total. The molecule has 19 nitrogen and oxygen atoms in total. The number of anilines is 1. The number of piperazine rings is 1. The Morgan fingerprint density at radius 3 is 2.33 bits per heavy atom. The van der Waals surface area contributed by atoms with Crippen LogP contribution in [0.15, 0.2) is 72.8 Å². The van der Waals surface area contributed by atoms with Crippen molar-refractivity contribution in [2.75, 3.05) is 69.3 Å². The van der Waals surface area contributed by atoms with E-state index in [0.29, 0.717) is 52.1 Å². The van der Waals surface area contributed by atoms with E-state index in [1.807, 2.05) is 54.6 Å². The number of hydrogen-bond donors (Lipinski definition) is 5. The molecule has 356 valence electrons. The number of carbonyl (C=O) groups excluding carboxylic acids is 7. The van der Waals surface area contributed by atoms with Gasteiger partial charge in [-0.15, -0.1) is 11.8 Å². The molecule has 67 heavy (non-hydrogen) atoms. The normalized spacial score (nSPS) is 22.9. The van der Waals surface area contributed by atoms with Gasteiger partial charge in [0.2, 0.25) is 39.6 Å². The first-order valence-corrected chi connectivity index (χ1v) is 25.3. The zero-order valence-electron chi connectivity index (χ0n) is 37.1. The van der Waals surface area contributed by atoms with Gasteiger partial charge in [0.1, 0.15) is 17.6 Å². The molecule has 4 saturated heterocycles. The quantitative estimate of drug-likeness (QED) is 0.117. The number of amides is 7. The molecule has 8 rings (SSSR count). The van der Waals surface area contributed by atoms with Gasteiger partial charge in [0.25, 0.3) is 11.8 Å². The van der Waals surface area contributed by atoms with Gasteiger partial charge in [-0.05, 0) is 47.7 Å². The van der Waals surface area contributed by atoms with Gasteiger partial charge in [0.15, 0.2) is 0 Å². The van der Waals surface area contributed by atoms with Crippen LogP contribution in [-0.2, 0) is 51.9 Å². The van der Waals surface area contributed by atoms with E-state index in [9.17, 15) is 42.0 Å². The van der Waals surface area contributed by atoms with Crippen molar-refractivity contribution in [3.05, 3.63) is 101 Å². The lowest BCUT2D eigenvalue weighted by molar-refractivity contribution is -0.136. The van der Waals surface area contributed by atoms with Crippen molar-refractivity contribution >= 4 is 68.8 Å². The predicted octanol–water partition coefficient (Wildman–Crippen LogP) is 0.677. The van der Waals surface area contributed by atoms with Crippen LogP contribution < -0.4 is 31.5 Å². The van der Waals surface area contributed by atoms with Gasteiger partial charge in [-0.2, -0.15) is 0 Å². The third-order valence-corrected chi connectivity index (χ3v) is 15.1. The zero-order chi connectivity index (χ0) is 47.2. The summed E-state index contributed by atoms with van der Waals surface area (Å²) in [6.45, 7) is 3.92. The number of ether oxygens (including phenoxy) is 1. The van der Waals surface area contributed by atoms with Crippen molar-refractivity contribution in [2.24, 2.45) is 5.92 Å². The summed E-state index contributed by atoms with van der Waals surface area (Å²) in [6.07, 6.45) is 1.93. The highest BCUT2D eigenvalue weighted by molar-refractivity contribution is 8.00. The Labute approximate surface area is 393 Å². The lowest BCUT2D eigenvalue weighted by atomic mass is 10.0. The number of nitrogens with zero attached hydrogens (tertiary/aromatic N) is 4. The third kappa shape index (κ3) is 11.7. The van der Waals surface area contributed by atoms with E-state index in [4.69, 9.17) is 4.74 Å². The van der Waals surface area contributed by atoms with Gasteiger partial charge >= 0.3 is 0 Å². The minimum absolute atomic E-state index is 0.0481. The predicted molar refractivity (Wildman–Crippen MR) is 247 cm³/mol. The highest BCUT2D eigenvalue weighted by Crippen LogP contribution is 2.32. The van der Waals surface area contributed by atoms with Crippen molar-refractivity contribution in [3.8, 4) is 0 Å². The van der Waals surface area contributed by atoms with E-state index in [-0.39, 0.29) is 67.7 Å². The molecular weight excluding hydrogens is 903 g/mol. The zero-order valence-corrected chi connectivity index (χ0v) is 38.7. The molecule has 5 heterocycles. The first kappa shape index (κ1) is 47.8. The topological polar surface area (TPSA) is 236 Å². The molecule has 7 amide bonds. The second kappa shape index (κ2) is 21.1. The van der Waals surface area contributed by atoms with Crippen LogP contribution in [0.25, 0.3) is 0 Å². The number of sulfonamides is 1. The fourth-order valence-corrected chi connectivity index (χ4v) is 10.9. The largest absolute Gasteiger partial charge is 0.374 e. The number of benzene rings is 3. The lowest BCUT2D eigenvalue weighted by Gasteiger charge is -2.36. The van der Waals surface area contributed by atoms with Crippen LogP contribution in [0.4, 0.5) is 5.69 Å². The molecule has 0 aliphatic carbocycles. The van der Waals surface area contributed by atoms with E-state index < -0.39 is 63.5 Å². The van der Waals surface area contributed by atoms with Crippen LogP contribution in [-0.4, -0.2) is 146 Å². The molecule has 4 fully saturated rings. The van der Waals surface area contributed by atoms with Gasteiger partial charge in [-0.25, -0.2) is 12.7 Å². The highest BCUT2D eigenvalue weighted by atomic mass is 32.2. The Bertz CT molecular complexity index is 2490. The van der Waals surface area contributed by atoms with Crippen LogP contribution in [0, 0.1) is 5.92 Å². The summed E-state index contributed by atoms with van der Waals surface area (Å²) in [5, 5.41) is 14.4. The Morgan fingerprint density at radius 1 is 0.881 bits per heavy atom. The minimum Gasteiger partial charge on any atom is -0.374 e. The molecule has 0 aromatic heterocycles. The van der Waals surface area contributed by atoms with Crippen molar-refractivity contribution < 1.29 is 46.7 Å². The summed E-state index contributed by atoms with van der Waals surface area (Å²) in [7, 11) is -3.45. The van der Waals surface area contributed by atoms with Crippen molar-refractivity contribution in [2.45, 2.75) is 62.5 Å². The van der Waals surface area contributed by atoms with Crippen molar-refractivity contribution in [1.82, 2.24) is 40.7 Å². The van der Waals surface area contributed by atoms with E-state index in [2.05, 4.69) is 36.4 Å². The molecular formula is C46H55N9O10S2. The summed E-state index contributed by atoms with van der Waals surface area (Å²) in [5.74, 6) is -2.91. The maximum absolute atomic E-state index is 13.6. The van der Waals surface area contributed by atoms with Crippen LogP contribution >= 0.6 is 11.8 Å². The Balaban J connectivity index is 0.760. The number of nitrogens with one attached hydrogen (secondary N) is 5. The molecule has 3 aromatic rings. The molecule has 5 aliphatic rings. The molecule has 3 aromatic carbocycles. The first-order valence-electron chi connectivity index (χ1n) is 22.4. The fraction of sp³-hybridized carbons (Fsp3) is 0.457. The maximum atomic E-state index is 13.6. The van der Waals surface area contributed by atoms with E-state index in [0.717, 1.165) is 39.3 Å². The van der Waals surface area contributed by atoms with E-state index in [1.54, 1.807) is 30.0 Å². The summed E-state index contributed by atoms with van der Waals surface area (Å²) in [4.78, 5) is 95.5. The van der Waals surface area contributed by atoms with Crippen LogP contribution in [0.3, 0.4) is 0 Å². The van der Waals surface area contributed by atoms with Crippen LogP contribution in [0.2, 0.25) is 0 Å². The monoisotopic (exact) mass is 957 g/mol. The van der Waals surface area contributed by atoms with Gasteiger partial charge in [0, 0.05) is 82.7 Å². The molecule has 0 radical (unpaired) electrons. The molecule has 0 saturated carbocycles. The SMILES string of the molecule is CS(=O)(=O)N1CCC(C(=O)N[C@@H](COCc2ccc(CNC(=O)CCN3CCN(c4ccc5c(c4)C(=O)N(C4CCC(=O)NC4=O)C5=O)CC3)cc2)C(=O)NC2NC(c3ccccc3)CS2)C1. The summed E-state index contributed by atoms with van der Waals surface area (Å²) < 4.78 is 31.4. The van der Waals surface area contributed by atoms with E-state index >= 15 is 0 Å². The smallest absolute Gasteiger partial charge is 0.262 e. The lowest BCUT2D eigenvalue weighted by Crippen LogP contribution is -2.54. The van der Waals surface area contributed by atoms with Gasteiger partial charge < -0.3 is 25.6 Å². The summed E-state index contributed by atoms with van der Waals surface area (Å²) in [5.41, 5.74) is 3.70. The second-order valence-corrected chi connectivity index (χ2v) is 20.5. The Morgan fingerprint density at radius 2 is 1.61 bits per heavy atom. The van der Waals surface area contributed by atoms with Gasteiger partial charge in [-0.1, -0.05) is 54.6 Å². The van der Waals surface area contributed by atoms with E-state index in [1.165, 1.54) is 4.31 Å². The molecule has 5 atom stereocenters. The Kier molecular flexibility index (Phi) is 15.0. The number of piperidine rings is 1. The first-order chi connectivity index (χ1) is 32.2. The number of imide groups is 2. The number of fused-ring (bicyclic) bond motifs is 1. The van der Waals surface area contributed by atoms with Crippen LogP contribution in [0.1, 0.15) is 69.1 Å². The maximum Gasteiger partial charge on any atom is 0.262 e. The molecule has 4 unspecified atom stereocenters. The summed E-state index contributed by atoms with van der Waals surface area (Å²) in [6, 6.07) is 20.6. The molecule has 21 heteroatoms. The fourth-order valence-electron chi connectivity index (χ4n) is 8.86. The van der Waals surface area contributed by atoms with Gasteiger partial charge in [-0.3, -0.25) is 54.0 Å². The standard InChI is InChI=1S/C46H55N9O10S2/c1-67(63,64)54-18-15-32(25-54)41(58)48-36(42(59)51-46-49-37(28-66-46)31-5-3-2-4-6-31)27-65-26-30-9-7-29(8-10-30)24-47-39(56)16-17-52-19-21-53(22-20-52)33-11-12-34-35(23-33)45(62)55(44(34)61)38-13-14-40(57)50-43(38)60/h2-12,23,32,36-38,46,49H,13-22,24-28H2,1H3,(H,47,56)(H,48,58)(H,51,59)(H,50,57,60)/t32?,36-,37?,38?,46?/m0/s1. The molecule has 0 spiro atoms. The minimum atomic E-state index is -3.45. The number of rotatable bonds is 17. The number of carbonyl (C=O) groups is 7. The number of thioether (sulfide) groups is 1. The third-order valence-electron chi connectivity index (χ3n) is 12.8. The van der Waals surface area contributed by atoms with Crippen molar-refractivity contribution in [3.63, 3.8) is 0 Å². The average molecular weight is 958 g/mol. The number of hydrogen-bond acceptors (Lipinski definition) is 14.